The smallest absolute Gasteiger partial charge is 0.0541 e. The summed E-state index contributed by atoms with van der Waals surface area (Å²) in [6, 6.07) is 79.9. The average Bonchev–Trinajstić information content (AvgIpc) is 3.72. The van der Waals surface area contributed by atoms with E-state index in [0.717, 1.165) is 17.1 Å². The predicted molar refractivity (Wildman–Crippen MR) is 312 cm³/mol. The monoisotopic (exact) mass is 930 g/mol. The van der Waals surface area contributed by atoms with E-state index in [-0.39, 0.29) is 16.2 Å². The van der Waals surface area contributed by atoms with Crippen molar-refractivity contribution in [1.29, 1.82) is 0 Å². The van der Waals surface area contributed by atoms with Crippen molar-refractivity contribution >= 4 is 71.2 Å². The number of fused-ring (bicyclic) bond motifs is 3. The van der Waals surface area contributed by atoms with E-state index in [4.69, 9.17) is 0 Å². The van der Waals surface area contributed by atoms with Crippen LogP contribution >= 0.6 is 0 Å². The van der Waals surface area contributed by atoms with E-state index < -0.39 is 0 Å². The summed E-state index contributed by atoms with van der Waals surface area (Å²) in [5.74, 6) is 0. The van der Waals surface area contributed by atoms with Crippen LogP contribution in [0.3, 0.4) is 0 Å². The van der Waals surface area contributed by atoms with Gasteiger partial charge >= 0.3 is 0 Å². The van der Waals surface area contributed by atoms with Crippen molar-refractivity contribution in [3.63, 3.8) is 0 Å². The van der Waals surface area contributed by atoms with Gasteiger partial charge in [-0.05, 0) is 136 Å². The van der Waals surface area contributed by atoms with Crippen LogP contribution < -0.4 is 4.90 Å². The van der Waals surface area contributed by atoms with Gasteiger partial charge in [0.05, 0.1) is 22.4 Å². The number of hydrogen-bond acceptors (Lipinski definition) is 1. The van der Waals surface area contributed by atoms with E-state index in [1.807, 2.05) is 0 Å². The summed E-state index contributed by atoms with van der Waals surface area (Å²) in [4.78, 5) is 2.48. The quantitative estimate of drug-likeness (QED) is 0.145. The molecular weight excluding hydrogens is 869 g/mol. The maximum absolute atomic E-state index is 2.48. The lowest BCUT2D eigenvalue weighted by Gasteiger charge is -2.29. The molecular formula is C70H62N2. The minimum atomic E-state index is 0.0225. The highest BCUT2D eigenvalue weighted by atomic mass is 15.1. The summed E-state index contributed by atoms with van der Waals surface area (Å²) in [6.45, 7) is 20.7. The predicted octanol–water partition coefficient (Wildman–Crippen LogP) is 20.0. The minimum absolute atomic E-state index is 0.0225. The zero-order valence-electron chi connectivity index (χ0n) is 43.1. The van der Waals surface area contributed by atoms with Crippen molar-refractivity contribution in [2.24, 2.45) is 0 Å². The molecule has 11 aromatic carbocycles. The number of hydrogen-bond donors (Lipinski definition) is 0. The van der Waals surface area contributed by atoms with Crippen molar-refractivity contribution in [3.8, 4) is 39.1 Å². The molecule has 0 N–H and O–H groups in total. The Kier molecular flexibility index (Phi) is 10.6. The molecule has 0 spiro atoms. The fourth-order valence-electron chi connectivity index (χ4n) is 11.1. The molecule has 12 aromatic rings. The highest BCUT2D eigenvalue weighted by Crippen LogP contribution is 2.47. The Balaban J connectivity index is 1.03. The van der Waals surface area contributed by atoms with Crippen LogP contribution in [0, 0.1) is 0 Å². The first-order valence-electron chi connectivity index (χ1n) is 25.7. The fourth-order valence-corrected chi connectivity index (χ4v) is 11.1. The molecule has 0 saturated heterocycles. The summed E-state index contributed by atoms with van der Waals surface area (Å²) in [7, 11) is 0. The van der Waals surface area contributed by atoms with Crippen LogP contribution in [0.5, 0.6) is 0 Å². The fraction of sp³-hybridized carbons (Fsp3) is 0.171. The van der Waals surface area contributed by atoms with Crippen LogP contribution in [-0.4, -0.2) is 4.57 Å². The van der Waals surface area contributed by atoms with Crippen LogP contribution in [0.25, 0.3) is 93.2 Å². The highest BCUT2D eigenvalue weighted by Gasteiger charge is 2.24. The van der Waals surface area contributed by atoms with Gasteiger partial charge in [-0.2, -0.15) is 0 Å². The third-order valence-corrected chi connectivity index (χ3v) is 15.2. The molecule has 0 atom stereocenters. The van der Waals surface area contributed by atoms with Crippen molar-refractivity contribution in [2.45, 2.75) is 78.6 Å². The minimum Gasteiger partial charge on any atom is -0.310 e. The second-order valence-electron chi connectivity index (χ2n) is 23.1. The van der Waals surface area contributed by atoms with Crippen molar-refractivity contribution in [3.05, 3.63) is 229 Å². The first kappa shape index (κ1) is 45.2. The number of anilines is 3. The van der Waals surface area contributed by atoms with Gasteiger partial charge < -0.3 is 9.47 Å². The van der Waals surface area contributed by atoms with E-state index in [1.54, 1.807) is 0 Å². The molecule has 0 aliphatic rings. The summed E-state index contributed by atoms with van der Waals surface area (Å²) in [6.07, 6.45) is 0. The lowest BCUT2D eigenvalue weighted by atomic mass is 9.79. The Labute approximate surface area is 425 Å². The van der Waals surface area contributed by atoms with E-state index in [9.17, 15) is 0 Å². The van der Waals surface area contributed by atoms with Crippen LogP contribution in [0.4, 0.5) is 17.1 Å². The molecule has 1 aromatic heterocycles. The van der Waals surface area contributed by atoms with Crippen molar-refractivity contribution in [2.75, 3.05) is 4.90 Å². The second-order valence-corrected chi connectivity index (χ2v) is 23.1. The molecule has 0 unspecified atom stereocenters. The highest BCUT2D eigenvalue weighted by molar-refractivity contribution is 6.27. The lowest BCUT2D eigenvalue weighted by Crippen LogP contribution is -2.16. The Morgan fingerprint density at radius 3 is 1.38 bits per heavy atom. The molecule has 1 heterocycles. The molecule has 0 fully saturated rings. The number of aromatic nitrogens is 1. The molecule has 0 bridgehead atoms. The topological polar surface area (TPSA) is 8.17 Å². The summed E-state index contributed by atoms with van der Waals surface area (Å²) >= 11 is 0. The van der Waals surface area contributed by atoms with Crippen molar-refractivity contribution in [1.82, 2.24) is 4.57 Å². The number of benzene rings is 11. The maximum Gasteiger partial charge on any atom is 0.0541 e. The van der Waals surface area contributed by atoms with Crippen LogP contribution in [0.15, 0.2) is 212 Å². The van der Waals surface area contributed by atoms with E-state index in [1.165, 1.54) is 110 Å². The van der Waals surface area contributed by atoms with Crippen LogP contribution in [-0.2, 0) is 16.2 Å². The third-order valence-electron chi connectivity index (χ3n) is 15.2. The van der Waals surface area contributed by atoms with E-state index in [2.05, 4.69) is 284 Å². The molecule has 352 valence electrons. The van der Waals surface area contributed by atoms with Gasteiger partial charge in [0.1, 0.15) is 0 Å². The van der Waals surface area contributed by atoms with Gasteiger partial charge in [0.15, 0.2) is 0 Å². The Morgan fingerprint density at radius 2 is 0.778 bits per heavy atom. The maximum atomic E-state index is 2.48. The average molecular weight is 931 g/mol. The normalized spacial score (nSPS) is 12.5. The van der Waals surface area contributed by atoms with Gasteiger partial charge in [0.25, 0.3) is 0 Å². The summed E-state index contributed by atoms with van der Waals surface area (Å²) in [5.41, 5.74) is 18.4. The van der Waals surface area contributed by atoms with Gasteiger partial charge in [-0.3, -0.25) is 0 Å². The number of nitrogens with zero attached hydrogens (tertiary/aromatic N) is 2. The van der Waals surface area contributed by atoms with Crippen molar-refractivity contribution < 1.29 is 0 Å². The number of rotatable bonds is 7. The third kappa shape index (κ3) is 7.82. The second kappa shape index (κ2) is 16.8. The molecule has 2 nitrogen and oxygen atoms in total. The summed E-state index contributed by atoms with van der Waals surface area (Å²) in [5, 5.41) is 10.0. The van der Waals surface area contributed by atoms with Gasteiger partial charge in [-0.15, -0.1) is 0 Å². The number of para-hydroxylation sites is 2. The Morgan fingerprint density at radius 1 is 0.306 bits per heavy atom. The SMILES string of the molecule is CC(C)(C)c1cccc(-c2ccc(-c3cccc(N(c4ccc(-c5cc(C(C)(C)C)cc(C(C)(C)C)c5)cc4)c4ccc5ccc6c(-n7c8ccccc8c8ccccc87)ccc7ccc4c5c76)c3)cc2)c1. The largest absolute Gasteiger partial charge is 0.310 e. The van der Waals surface area contributed by atoms with Crippen LogP contribution in [0.1, 0.15) is 79.0 Å². The lowest BCUT2D eigenvalue weighted by molar-refractivity contribution is 0.569. The molecule has 0 radical (unpaired) electrons. The first-order valence-corrected chi connectivity index (χ1v) is 25.7. The molecule has 72 heavy (non-hydrogen) atoms. The molecule has 0 aliphatic heterocycles. The zero-order chi connectivity index (χ0) is 49.7. The van der Waals surface area contributed by atoms with Gasteiger partial charge in [0.2, 0.25) is 0 Å². The van der Waals surface area contributed by atoms with Gasteiger partial charge in [-0.25, -0.2) is 0 Å². The standard InChI is InChI=1S/C70H62N2/c1-68(2,3)53-18-14-16-50(40-53)45-24-26-46(27-25-45)51-17-15-19-57(43-51)71(56-34-28-47(29-35-56)52-41-54(69(4,5)6)44-55(42-52)70(7,8)9)64-38-32-48-31-37-61-65(39-33-49-30-36-60(64)66(48)67(49)61)72-62-22-12-10-20-58(62)59-21-11-13-23-63(59)72/h10-44H,1-9H3. The first-order chi connectivity index (χ1) is 34.6. The molecule has 0 saturated carbocycles. The van der Waals surface area contributed by atoms with E-state index in [0.29, 0.717) is 0 Å². The van der Waals surface area contributed by atoms with Gasteiger partial charge in [-0.1, -0.05) is 226 Å². The van der Waals surface area contributed by atoms with Crippen LogP contribution in [0.2, 0.25) is 0 Å². The Hall–Kier alpha value is -7.94. The Bertz CT molecular complexity index is 3930. The van der Waals surface area contributed by atoms with Gasteiger partial charge in [0, 0.05) is 32.9 Å². The summed E-state index contributed by atoms with van der Waals surface area (Å²) < 4.78 is 2.47. The molecule has 2 heteroatoms. The molecule has 0 amide bonds. The zero-order valence-corrected chi connectivity index (χ0v) is 43.1. The molecule has 12 rings (SSSR count). The molecule has 0 aliphatic carbocycles. The van der Waals surface area contributed by atoms with E-state index >= 15 is 0 Å².